The highest BCUT2D eigenvalue weighted by Gasteiger charge is 2.58. The van der Waals surface area contributed by atoms with E-state index in [2.05, 4.69) is 0 Å². The predicted molar refractivity (Wildman–Crippen MR) is 75.3 cm³/mol. The highest BCUT2D eigenvalue weighted by Crippen LogP contribution is 2.44. The number of carbonyl (C=O) groups excluding carboxylic acids is 1. The van der Waals surface area contributed by atoms with E-state index in [-0.39, 0.29) is 23.2 Å². The van der Waals surface area contributed by atoms with Crippen molar-refractivity contribution >= 4 is 11.7 Å². The molecule has 0 saturated carbocycles. The molecule has 0 radical (unpaired) electrons. The van der Waals surface area contributed by atoms with Crippen LogP contribution in [0.1, 0.15) is 16.8 Å². The van der Waals surface area contributed by atoms with E-state index in [1.807, 2.05) is 12.1 Å². The summed E-state index contributed by atoms with van der Waals surface area (Å²) in [5.41, 5.74) is -1.57. The molecule has 0 N–H and O–H groups in total. The third-order valence-corrected chi connectivity index (χ3v) is 4.08. The molecule has 1 aromatic rings. The van der Waals surface area contributed by atoms with Gasteiger partial charge in [0.2, 0.25) is 5.54 Å². The van der Waals surface area contributed by atoms with Gasteiger partial charge in [-0.2, -0.15) is 10.5 Å². The molecule has 0 spiro atoms. The van der Waals surface area contributed by atoms with Crippen LogP contribution in [0.15, 0.2) is 36.4 Å². The van der Waals surface area contributed by atoms with Crippen molar-refractivity contribution in [3.8, 4) is 12.1 Å². The molecular weight excluding hydrogens is 300 g/mol. The number of nitro groups is 1. The average molecular weight is 310 g/mol. The Labute approximate surface area is 130 Å². The Kier molecular flexibility index (Phi) is 3.32. The van der Waals surface area contributed by atoms with Crippen molar-refractivity contribution in [2.45, 2.75) is 18.0 Å². The maximum absolute atomic E-state index is 12.2. The van der Waals surface area contributed by atoms with Crippen molar-refractivity contribution in [2.75, 3.05) is 0 Å². The minimum atomic E-state index is -1.53. The zero-order valence-electron chi connectivity index (χ0n) is 11.7. The van der Waals surface area contributed by atoms with E-state index in [9.17, 15) is 25.4 Å². The van der Waals surface area contributed by atoms with Gasteiger partial charge in [-0.1, -0.05) is 17.2 Å². The number of hydroxylamine groups is 2. The van der Waals surface area contributed by atoms with Crippen molar-refractivity contribution < 1.29 is 14.6 Å². The number of carbonyl (C=O) groups is 1. The number of non-ortho nitro benzene ring substituents is 1. The molecule has 2 atom stereocenters. The normalized spacial score (nSPS) is 23.9. The lowest BCUT2D eigenvalue weighted by atomic mass is 9.89. The van der Waals surface area contributed by atoms with Gasteiger partial charge in [0.1, 0.15) is 12.1 Å². The second kappa shape index (κ2) is 5.20. The Morgan fingerprint density at radius 2 is 1.96 bits per heavy atom. The first-order chi connectivity index (χ1) is 11.0. The summed E-state index contributed by atoms with van der Waals surface area (Å²) in [6, 6.07) is 8.47. The van der Waals surface area contributed by atoms with Gasteiger partial charge >= 0.3 is 5.97 Å². The van der Waals surface area contributed by atoms with Crippen LogP contribution >= 0.6 is 0 Å². The summed E-state index contributed by atoms with van der Waals surface area (Å²) >= 11 is 0. The monoisotopic (exact) mass is 310 g/mol. The fraction of sp³-hybridized carbons (Fsp3) is 0.267. The van der Waals surface area contributed by atoms with Crippen molar-refractivity contribution in [1.82, 2.24) is 5.06 Å². The fourth-order valence-electron chi connectivity index (χ4n) is 2.88. The van der Waals surface area contributed by atoms with E-state index in [1.54, 1.807) is 12.2 Å². The third kappa shape index (κ3) is 2.13. The summed E-state index contributed by atoms with van der Waals surface area (Å²) in [5.74, 6) is -1.08. The van der Waals surface area contributed by atoms with Gasteiger partial charge in [-0.25, -0.2) is 4.79 Å². The van der Waals surface area contributed by atoms with Gasteiger partial charge in [-0.15, -0.1) is 0 Å². The van der Waals surface area contributed by atoms with Crippen LogP contribution in [-0.2, 0) is 4.84 Å². The summed E-state index contributed by atoms with van der Waals surface area (Å²) in [7, 11) is 0. The quantitative estimate of drug-likeness (QED) is 0.473. The van der Waals surface area contributed by atoms with Crippen LogP contribution in [0.5, 0.6) is 0 Å². The van der Waals surface area contributed by atoms with E-state index in [0.29, 0.717) is 6.42 Å². The molecule has 2 aliphatic rings. The van der Waals surface area contributed by atoms with Gasteiger partial charge in [-0.3, -0.25) is 10.1 Å². The topological polar surface area (TPSA) is 120 Å². The van der Waals surface area contributed by atoms with Crippen LogP contribution < -0.4 is 0 Å². The second-order valence-electron chi connectivity index (χ2n) is 5.29. The minimum absolute atomic E-state index is 0.104. The predicted octanol–water partition coefficient (Wildman–Crippen LogP) is 1.71. The first-order valence-electron chi connectivity index (χ1n) is 6.79. The van der Waals surface area contributed by atoms with E-state index in [0.717, 1.165) is 5.06 Å². The second-order valence-corrected chi connectivity index (χ2v) is 5.29. The molecule has 114 valence electrons. The summed E-state index contributed by atoms with van der Waals surface area (Å²) in [6.45, 7) is 0. The number of nitriles is 2. The summed E-state index contributed by atoms with van der Waals surface area (Å²) in [5, 5.41) is 30.5. The van der Waals surface area contributed by atoms with Gasteiger partial charge in [0.15, 0.2) is 0 Å². The van der Waals surface area contributed by atoms with Crippen LogP contribution in [0.2, 0.25) is 0 Å². The lowest BCUT2D eigenvalue weighted by molar-refractivity contribution is -0.384. The van der Waals surface area contributed by atoms with Gasteiger partial charge in [0.25, 0.3) is 5.69 Å². The van der Waals surface area contributed by atoms with Gasteiger partial charge < -0.3 is 4.84 Å². The first kappa shape index (κ1) is 14.7. The van der Waals surface area contributed by atoms with Crippen molar-refractivity contribution in [1.29, 1.82) is 10.5 Å². The largest absolute Gasteiger partial charge is 0.361 e. The standard InChI is InChI=1S/C15H10N4O4/c16-8-15(9-17)11-3-6-13(7-11)18(15)23-14(20)10-1-4-12(5-2-10)19(21)22/h1-6,11,13H,7H2. The lowest BCUT2D eigenvalue weighted by Gasteiger charge is -2.31. The van der Waals surface area contributed by atoms with E-state index in [1.165, 1.54) is 24.3 Å². The molecule has 1 aliphatic heterocycles. The molecule has 3 rings (SSSR count). The maximum Gasteiger partial charge on any atom is 0.357 e. The molecular formula is C15H10N4O4. The number of hydrogen-bond acceptors (Lipinski definition) is 7. The molecule has 8 nitrogen and oxygen atoms in total. The highest BCUT2D eigenvalue weighted by molar-refractivity contribution is 5.89. The molecule has 1 saturated heterocycles. The lowest BCUT2D eigenvalue weighted by Crippen LogP contribution is -2.50. The summed E-state index contributed by atoms with van der Waals surface area (Å²) in [4.78, 5) is 27.5. The van der Waals surface area contributed by atoms with Crippen LogP contribution in [0, 0.1) is 38.7 Å². The number of hydrogen-bond donors (Lipinski definition) is 0. The highest BCUT2D eigenvalue weighted by atomic mass is 16.7. The smallest absolute Gasteiger partial charge is 0.357 e. The molecule has 1 fully saturated rings. The maximum atomic E-state index is 12.2. The summed E-state index contributed by atoms with van der Waals surface area (Å²) in [6.07, 6.45) is 4.11. The number of fused-ring (bicyclic) bond motifs is 2. The molecule has 2 bridgehead atoms. The van der Waals surface area contributed by atoms with Crippen LogP contribution in [-0.4, -0.2) is 27.5 Å². The molecule has 1 aromatic carbocycles. The molecule has 0 aromatic heterocycles. The van der Waals surface area contributed by atoms with Crippen molar-refractivity contribution in [3.05, 3.63) is 52.1 Å². The molecule has 0 amide bonds. The molecule has 23 heavy (non-hydrogen) atoms. The zero-order valence-corrected chi connectivity index (χ0v) is 11.7. The SMILES string of the molecule is N#CC1(C#N)C2C=CC(C2)N1OC(=O)c1ccc([N+](=O)[O-])cc1. The van der Waals surface area contributed by atoms with Crippen molar-refractivity contribution in [3.63, 3.8) is 0 Å². The molecule has 1 heterocycles. The van der Waals surface area contributed by atoms with Crippen molar-refractivity contribution in [2.24, 2.45) is 5.92 Å². The Morgan fingerprint density at radius 3 is 2.52 bits per heavy atom. The van der Waals surface area contributed by atoms with Crippen LogP contribution in [0.3, 0.4) is 0 Å². The minimum Gasteiger partial charge on any atom is -0.361 e. The number of benzene rings is 1. The number of nitro benzene ring substituents is 1. The van der Waals surface area contributed by atoms with Crippen LogP contribution in [0.4, 0.5) is 5.69 Å². The zero-order chi connectivity index (χ0) is 16.6. The molecule has 8 heteroatoms. The van der Waals surface area contributed by atoms with E-state index in [4.69, 9.17) is 4.84 Å². The molecule has 1 aliphatic carbocycles. The molecule has 2 unspecified atom stereocenters. The summed E-state index contributed by atoms with van der Waals surface area (Å²) < 4.78 is 0. The Hall–Kier alpha value is -3.23. The van der Waals surface area contributed by atoms with Gasteiger partial charge in [0.05, 0.1) is 16.5 Å². The Balaban J connectivity index is 1.83. The Bertz CT molecular complexity index is 773. The van der Waals surface area contributed by atoms with Gasteiger partial charge in [0, 0.05) is 18.1 Å². The van der Waals surface area contributed by atoms with E-state index >= 15 is 0 Å². The number of rotatable bonds is 3. The fourth-order valence-corrected chi connectivity index (χ4v) is 2.88. The average Bonchev–Trinajstić information content (AvgIpc) is 3.15. The van der Waals surface area contributed by atoms with Crippen LogP contribution in [0.25, 0.3) is 0 Å². The van der Waals surface area contributed by atoms with E-state index < -0.39 is 16.4 Å². The Morgan fingerprint density at radius 1 is 1.30 bits per heavy atom. The third-order valence-electron chi connectivity index (χ3n) is 4.08. The van der Waals surface area contributed by atoms with Gasteiger partial charge in [-0.05, 0) is 18.6 Å². The number of nitrogens with zero attached hydrogens (tertiary/aromatic N) is 4. The first-order valence-corrected chi connectivity index (χ1v) is 6.79.